The molecule has 2 heteroatoms. The van der Waals surface area contributed by atoms with E-state index >= 15 is 0 Å². The van der Waals surface area contributed by atoms with Crippen molar-refractivity contribution < 1.29 is 9.84 Å². The molecule has 1 aromatic rings. The monoisotopic (exact) mass is 248 g/mol. The largest absolute Gasteiger partial charge is 0.388 e. The number of hydrogen-bond acceptors (Lipinski definition) is 2. The first-order valence-electron chi connectivity index (χ1n) is 7.07. The maximum Gasteiger partial charge on any atom is 0.0820 e. The van der Waals surface area contributed by atoms with Crippen LogP contribution in [-0.2, 0) is 11.2 Å². The second-order valence-corrected chi connectivity index (χ2v) is 5.28. The van der Waals surface area contributed by atoms with Crippen LogP contribution in [0, 0.1) is 5.92 Å². The molecule has 18 heavy (non-hydrogen) atoms. The first kappa shape index (κ1) is 13.6. The molecule has 0 aliphatic heterocycles. The lowest BCUT2D eigenvalue weighted by atomic mass is 9.89. The average Bonchev–Trinajstić information content (AvgIpc) is 2.56. The minimum atomic E-state index is -0.272. The Balaban J connectivity index is 1.97. The van der Waals surface area contributed by atoms with Gasteiger partial charge in [0.1, 0.15) is 0 Å². The molecule has 0 heterocycles. The molecule has 1 aliphatic carbocycles. The van der Waals surface area contributed by atoms with Gasteiger partial charge in [0.25, 0.3) is 0 Å². The Kier molecular flexibility index (Phi) is 5.21. The number of aliphatic hydroxyl groups excluding tert-OH is 1. The Morgan fingerprint density at radius 3 is 2.94 bits per heavy atom. The lowest BCUT2D eigenvalue weighted by Gasteiger charge is -2.21. The quantitative estimate of drug-likeness (QED) is 0.638. The highest BCUT2D eigenvalue weighted by Gasteiger charge is 2.25. The van der Waals surface area contributed by atoms with Gasteiger partial charge < -0.3 is 9.84 Å². The molecular weight excluding hydrogens is 224 g/mol. The van der Waals surface area contributed by atoms with E-state index in [9.17, 15) is 5.11 Å². The van der Waals surface area contributed by atoms with Gasteiger partial charge in [-0.2, -0.15) is 0 Å². The van der Waals surface area contributed by atoms with E-state index in [0.717, 1.165) is 44.3 Å². The van der Waals surface area contributed by atoms with Gasteiger partial charge >= 0.3 is 0 Å². The number of hydrogen-bond donors (Lipinski definition) is 1. The van der Waals surface area contributed by atoms with Crippen molar-refractivity contribution in [1.82, 2.24) is 0 Å². The van der Waals surface area contributed by atoms with Crippen LogP contribution in [0.25, 0.3) is 0 Å². The molecule has 0 amide bonds. The summed E-state index contributed by atoms with van der Waals surface area (Å²) in [6.45, 7) is 0.833. The van der Waals surface area contributed by atoms with E-state index in [1.165, 1.54) is 12.0 Å². The van der Waals surface area contributed by atoms with E-state index in [1.807, 2.05) is 6.07 Å². The highest BCUT2D eigenvalue weighted by atomic mass is 16.5. The van der Waals surface area contributed by atoms with E-state index in [-0.39, 0.29) is 6.10 Å². The van der Waals surface area contributed by atoms with Gasteiger partial charge in [-0.15, -0.1) is 0 Å². The van der Waals surface area contributed by atoms with E-state index in [2.05, 4.69) is 18.2 Å². The molecule has 2 rings (SSSR count). The van der Waals surface area contributed by atoms with Gasteiger partial charge in [-0.3, -0.25) is 0 Å². The number of unbranched alkanes of at least 4 members (excludes halogenated alkanes) is 1. The van der Waals surface area contributed by atoms with Crippen LogP contribution >= 0.6 is 0 Å². The number of benzene rings is 1. The van der Waals surface area contributed by atoms with Crippen LogP contribution < -0.4 is 0 Å². The van der Waals surface area contributed by atoms with Crippen molar-refractivity contribution in [2.24, 2.45) is 5.92 Å². The Hall–Kier alpha value is -0.860. The van der Waals surface area contributed by atoms with E-state index in [0.29, 0.717) is 5.92 Å². The number of fused-ring (bicyclic) bond motifs is 1. The zero-order valence-electron chi connectivity index (χ0n) is 11.3. The van der Waals surface area contributed by atoms with Gasteiger partial charge in [-0.1, -0.05) is 30.7 Å². The van der Waals surface area contributed by atoms with E-state index in [4.69, 9.17) is 4.74 Å². The summed E-state index contributed by atoms with van der Waals surface area (Å²) < 4.78 is 5.08. The van der Waals surface area contributed by atoms with Gasteiger partial charge in [0.2, 0.25) is 0 Å². The Morgan fingerprint density at radius 2 is 2.11 bits per heavy atom. The van der Waals surface area contributed by atoms with E-state index < -0.39 is 0 Å². The molecule has 2 nitrogen and oxygen atoms in total. The maximum absolute atomic E-state index is 10.5. The summed E-state index contributed by atoms with van der Waals surface area (Å²) in [4.78, 5) is 0. The summed E-state index contributed by atoms with van der Waals surface area (Å²) in [5.74, 6) is 0.422. The topological polar surface area (TPSA) is 29.5 Å². The van der Waals surface area contributed by atoms with Crippen molar-refractivity contribution in [1.29, 1.82) is 0 Å². The van der Waals surface area contributed by atoms with Gasteiger partial charge in [0.15, 0.2) is 0 Å². The summed E-state index contributed by atoms with van der Waals surface area (Å²) in [5.41, 5.74) is 2.50. The number of aliphatic hydroxyl groups is 1. The molecule has 2 unspecified atom stereocenters. The summed E-state index contributed by atoms with van der Waals surface area (Å²) in [6, 6.07) is 8.36. The summed E-state index contributed by atoms with van der Waals surface area (Å²) in [5, 5.41) is 10.5. The Labute approximate surface area is 110 Å². The smallest absolute Gasteiger partial charge is 0.0820 e. The molecule has 0 saturated carbocycles. The second kappa shape index (κ2) is 6.91. The fourth-order valence-corrected chi connectivity index (χ4v) is 2.97. The molecule has 100 valence electrons. The average molecular weight is 248 g/mol. The minimum Gasteiger partial charge on any atom is -0.388 e. The van der Waals surface area contributed by atoms with Crippen LogP contribution in [0.5, 0.6) is 0 Å². The van der Waals surface area contributed by atoms with Gasteiger partial charge in [-0.05, 0) is 49.1 Å². The molecule has 1 N–H and O–H groups in total. The molecule has 0 saturated heterocycles. The van der Waals surface area contributed by atoms with Gasteiger partial charge in [0.05, 0.1) is 6.10 Å². The normalized spacial score (nSPS) is 23.4. The van der Waals surface area contributed by atoms with Crippen LogP contribution in [0.2, 0.25) is 0 Å². The van der Waals surface area contributed by atoms with Crippen LogP contribution in [0.4, 0.5) is 0 Å². The zero-order valence-corrected chi connectivity index (χ0v) is 11.3. The molecule has 0 bridgehead atoms. The molecule has 0 spiro atoms. The number of aryl methyl sites for hydroxylation is 1. The number of rotatable bonds is 5. The molecular formula is C16H24O2. The third-order valence-corrected chi connectivity index (χ3v) is 4.01. The minimum absolute atomic E-state index is 0.272. The molecule has 2 atom stereocenters. The summed E-state index contributed by atoms with van der Waals surface area (Å²) in [6.07, 6.45) is 6.54. The predicted molar refractivity (Wildman–Crippen MR) is 73.6 cm³/mol. The number of methoxy groups -OCH3 is 1. The molecule has 0 aromatic heterocycles. The highest BCUT2D eigenvalue weighted by molar-refractivity contribution is 5.30. The lowest BCUT2D eigenvalue weighted by Crippen LogP contribution is -2.12. The predicted octanol–water partition coefficient (Wildman–Crippen LogP) is 3.49. The molecule has 1 aliphatic rings. The highest BCUT2D eigenvalue weighted by Crippen LogP contribution is 2.35. The van der Waals surface area contributed by atoms with Crippen molar-refractivity contribution >= 4 is 0 Å². The van der Waals surface area contributed by atoms with Crippen molar-refractivity contribution in [3.8, 4) is 0 Å². The van der Waals surface area contributed by atoms with Crippen molar-refractivity contribution in [3.63, 3.8) is 0 Å². The lowest BCUT2D eigenvalue weighted by molar-refractivity contribution is 0.0957. The van der Waals surface area contributed by atoms with Crippen LogP contribution in [-0.4, -0.2) is 18.8 Å². The molecule has 0 radical (unpaired) electrons. The van der Waals surface area contributed by atoms with Crippen molar-refractivity contribution in [2.45, 2.75) is 44.6 Å². The number of ether oxygens (including phenoxy) is 1. The van der Waals surface area contributed by atoms with Crippen molar-refractivity contribution in [2.75, 3.05) is 13.7 Å². The zero-order chi connectivity index (χ0) is 12.8. The Bertz CT molecular complexity index is 362. The fourth-order valence-electron chi connectivity index (χ4n) is 2.97. The second-order valence-electron chi connectivity index (χ2n) is 5.28. The van der Waals surface area contributed by atoms with Gasteiger partial charge in [0, 0.05) is 13.7 Å². The molecule has 0 fully saturated rings. The summed E-state index contributed by atoms with van der Waals surface area (Å²) in [7, 11) is 1.75. The van der Waals surface area contributed by atoms with Crippen LogP contribution in [0.15, 0.2) is 24.3 Å². The Morgan fingerprint density at radius 1 is 1.28 bits per heavy atom. The first-order chi connectivity index (χ1) is 8.83. The standard InChI is InChI=1S/C16H24O2/c1-18-12-5-4-8-14-10-6-9-13-7-2-3-11-15(13)16(14)17/h2-3,7,11,14,16-17H,4-6,8-10,12H2,1H3. The fraction of sp³-hybridized carbons (Fsp3) is 0.625. The summed E-state index contributed by atoms with van der Waals surface area (Å²) >= 11 is 0. The van der Waals surface area contributed by atoms with Crippen molar-refractivity contribution in [3.05, 3.63) is 35.4 Å². The maximum atomic E-state index is 10.5. The first-order valence-corrected chi connectivity index (χ1v) is 7.07. The van der Waals surface area contributed by atoms with Crippen LogP contribution in [0.3, 0.4) is 0 Å². The molecule has 1 aromatic carbocycles. The van der Waals surface area contributed by atoms with Gasteiger partial charge in [-0.25, -0.2) is 0 Å². The SMILES string of the molecule is COCCCCC1CCCc2ccccc2C1O. The third-order valence-electron chi connectivity index (χ3n) is 4.01. The third kappa shape index (κ3) is 3.33. The van der Waals surface area contributed by atoms with Crippen LogP contribution in [0.1, 0.15) is 49.3 Å². The van der Waals surface area contributed by atoms with E-state index in [1.54, 1.807) is 7.11 Å².